The van der Waals surface area contributed by atoms with Gasteiger partial charge in [0.15, 0.2) is 0 Å². The summed E-state index contributed by atoms with van der Waals surface area (Å²) < 4.78 is 0. The van der Waals surface area contributed by atoms with Crippen LogP contribution < -0.4 is 5.32 Å². The maximum Gasteiger partial charge on any atom is 0.112 e. The van der Waals surface area contributed by atoms with Gasteiger partial charge in [-0.3, -0.25) is 0 Å². The van der Waals surface area contributed by atoms with E-state index in [9.17, 15) is 0 Å². The van der Waals surface area contributed by atoms with Crippen LogP contribution in [0.5, 0.6) is 0 Å². The van der Waals surface area contributed by atoms with Gasteiger partial charge in [-0.2, -0.15) is 11.8 Å². The Hall–Kier alpha value is -0.0600. The molecular weight excluding hydrogens is 236 g/mol. The van der Waals surface area contributed by atoms with Gasteiger partial charge >= 0.3 is 0 Å². The van der Waals surface area contributed by atoms with Gasteiger partial charge in [-0.15, -0.1) is 11.3 Å². The first-order valence-electron chi connectivity index (χ1n) is 5.86. The second kappa shape index (κ2) is 5.07. The van der Waals surface area contributed by atoms with Crippen LogP contribution in [0.15, 0.2) is 5.38 Å². The van der Waals surface area contributed by atoms with Gasteiger partial charge in [-0.05, 0) is 39.4 Å². The molecule has 1 unspecified atom stereocenters. The van der Waals surface area contributed by atoms with Crippen molar-refractivity contribution in [3.63, 3.8) is 0 Å². The highest BCUT2D eigenvalue weighted by atomic mass is 32.2. The maximum atomic E-state index is 4.60. The fraction of sp³-hybridized carbons (Fsp3) is 0.750. The highest BCUT2D eigenvalue weighted by Crippen LogP contribution is 2.27. The van der Waals surface area contributed by atoms with Crippen molar-refractivity contribution in [2.24, 2.45) is 0 Å². The van der Waals surface area contributed by atoms with Crippen LogP contribution in [-0.2, 0) is 5.54 Å². The van der Waals surface area contributed by atoms with Crippen LogP contribution in [0, 0.1) is 6.92 Å². The average molecular weight is 256 g/mol. The standard InChI is InChI=1S/C12H20N2S2/c1-9-7-16-11(13-9)12(2,3)14-10-5-4-6-15-8-10/h7,10,14H,4-6,8H2,1-3H3. The van der Waals surface area contributed by atoms with Crippen LogP contribution in [0.25, 0.3) is 0 Å². The molecule has 4 heteroatoms. The van der Waals surface area contributed by atoms with E-state index in [0.29, 0.717) is 6.04 Å². The summed E-state index contributed by atoms with van der Waals surface area (Å²) in [7, 11) is 0. The van der Waals surface area contributed by atoms with E-state index in [1.54, 1.807) is 11.3 Å². The second-order valence-electron chi connectivity index (χ2n) is 4.98. The van der Waals surface area contributed by atoms with E-state index < -0.39 is 0 Å². The van der Waals surface area contributed by atoms with Crippen LogP contribution in [0.4, 0.5) is 0 Å². The molecule has 1 saturated heterocycles. The van der Waals surface area contributed by atoms with Gasteiger partial charge in [0.05, 0.1) is 5.54 Å². The third-order valence-corrected chi connectivity index (χ3v) is 5.38. The van der Waals surface area contributed by atoms with Gasteiger partial charge in [0.25, 0.3) is 0 Å². The summed E-state index contributed by atoms with van der Waals surface area (Å²) in [5, 5.41) is 7.09. The Morgan fingerprint density at radius 1 is 1.50 bits per heavy atom. The molecular formula is C12H20N2S2. The SMILES string of the molecule is Cc1csc(C(C)(C)NC2CCCSC2)n1. The maximum absolute atomic E-state index is 4.60. The highest BCUT2D eigenvalue weighted by molar-refractivity contribution is 7.99. The topological polar surface area (TPSA) is 24.9 Å². The number of aromatic nitrogens is 1. The molecule has 1 aromatic rings. The predicted octanol–water partition coefficient (Wildman–Crippen LogP) is 3.17. The average Bonchev–Trinajstić information content (AvgIpc) is 2.66. The van der Waals surface area contributed by atoms with Gasteiger partial charge in [-0.25, -0.2) is 4.98 Å². The molecule has 1 aromatic heterocycles. The van der Waals surface area contributed by atoms with Crippen LogP contribution in [0.3, 0.4) is 0 Å². The number of nitrogens with zero attached hydrogens (tertiary/aromatic N) is 1. The van der Waals surface area contributed by atoms with Crippen molar-refractivity contribution in [2.75, 3.05) is 11.5 Å². The molecule has 0 spiro atoms. The predicted molar refractivity (Wildman–Crippen MR) is 73.4 cm³/mol. The molecule has 0 aliphatic carbocycles. The van der Waals surface area contributed by atoms with Gasteiger partial charge in [0.1, 0.15) is 5.01 Å². The fourth-order valence-corrected chi connectivity index (χ4v) is 4.02. The third-order valence-electron chi connectivity index (χ3n) is 2.88. The molecule has 0 bridgehead atoms. The molecule has 90 valence electrons. The van der Waals surface area contributed by atoms with E-state index in [-0.39, 0.29) is 5.54 Å². The summed E-state index contributed by atoms with van der Waals surface area (Å²) in [6.45, 7) is 6.54. The minimum Gasteiger partial charge on any atom is -0.302 e. The van der Waals surface area contributed by atoms with Crippen molar-refractivity contribution >= 4 is 23.1 Å². The number of rotatable bonds is 3. The van der Waals surface area contributed by atoms with Crippen molar-refractivity contribution in [3.05, 3.63) is 16.1 Å². The first kappa shape index (κ1) is 12.4. The largest absolute Gasteiger partial charge is 0.302 e. The van der Waals surface area contributed by atoms with Gasteiger partial charge in [0, 0.05) is 22.9 Å². The Labute approximate surface area is 106 Å². The normalized spacial score (nSPS) is 22.3. The Bertz CT molecular complexity index is 341. The monoisotopic (exact) mass is 256 g/mol. The summed E-state index contributed by atoms with van der Waals surface area (Å²) in [6.07, 6.45) is 2.65. The molecule has 2 nitrogen and oxygen atoms in total. The molecule has 1 aliphatic heterocycles. The molecule has 1 fully saturated rings. The molecule has 1 aliphatic rings. The molecule has 0 aromatic carbocycles. The Morgan fingerprint density at radius 2 is 2.31 bits per heavy atom. The molecule has 0 saturated carbocycles. The van der Waals surface area contributed by atoms with Crippen molar-refractivity contribution in [1.82, 2.24) is 10.3 Å². The number of nitrogens with one attached hydrogen (secondary N) is 1. The molecule has 0 radical (unpaired) electrons. The van der Waals surface area contributed by atoms with Crippen LogP contribution in [0.1, 0.15) is 37.4 Å². The molecule has 1 atom stereocenters. The van der Waals surface area contributed by atoms with Crippen molar-refractivity contribution in [3.8, 4) is 0 Å². The lowest BCUT2D eigenvalue weighted by molar-refractivity contribution is 0.339. The van der Waals surface area contributed by atoms with E-state index in [0.717, 1.165) is 5.69 Å². The minimum absolute atomic E-state index is 0.0154. The van der Waals surface area contributed by atoms with E-state index >= 15 is 0 Å². The molecule has 1 N–H and O–H groups in total. The summed E-state index contributed by atoms with van der Waals surface area (Å²) in [5.41, 5.74) is 1.15. The van der Waals surface area contributed by atoms with Crippen LogP contribution in [-0.4, -0.2) is 22.5 Å². The lowest BCUT2D eigenvalue weighted by Crippen LogP contribution is -2.46. The first-order chi connectivity index (χ1) is 7.58. The number of hydrogen-bond acceptors (Lipinski definition) is 4. The first-order valence-corrected chi connectivity index (χ1v) is 7.89. The lowest BCUT2D eigenvalue weighted by Gasteiger charge is -2.32. The summed E-state index contributed by atoms with van der Waals surface area (Å²) in [4.78, 5) is 4.60. The highest BCUT2D eigenvalue weighted by Gasteiger charge is 2.27. The fourth-order valence-electron chi connectivity index (χ4n) is 2.07. The molecule has 0 amide bonds. The summed E-state index contributed by atoms with van der Waals surface area (Å²) in [6, 6.07) is 0.651. The molecule has 2 heterocycles. The van der Waals surface area contributed by atoms with E-state index in [1.807, 2.05) is 0 Å². The number of aryl methyl sites for hydroxylation is 1. The summed E-state index contributed by atoms with van der Waals surface area (Å²) in [5.74, 6) is 2.57. The number of thioether (sulfide) groups is 1. The lowest BCUT2D eigenvalue weighted by atomic mass is 10.0. The number of thiazole rings is 1. The van der Waals surface area contributed by atoms with Crippen LogP contribution >= 0.6 is 23.1 Å². The zero-order valence-corrected chi connectivity index (χ0v) is 11.9. The van der Waals surface area contributed by atoms with E-state index in [4.69, 9.17) is 0 Å². The van der Waals surface area contributed by atoms with Crippen LogP contribution in [0.2, 0.25) is 0 Å². The second-order valence-corrected chi connectivity index (χ2v) is 6.99. The zero-order chi connectivity index (χ0) is 11.6. The Balaban J connectivity index is 2.01. The van der Waals surface area contributed by atoms with Gasteiger partial charge in [-0.1, -0.05) is 0 Å². The van der Waals surface area contributed by atoms with Crippen molar-refractivity contribution < 1.29 is 0 Å². The molecule has 2 rings (SSSR count). The smallest absolute Gasteiger partial charge is 0.112 e. The quantitative estimate of drug-likeness (QED) is 0.899. The zero-order valence-electron chi connectivity index (χ0n) is 10.2. The Kier molecular flexibility index (Phi) is 3.93. The third kappa shape index (κ3) is 2.99. The minimum atomic E-state index is 0.0154. The van der Waals surface area contributed by atoms with Crippen molar-refractivity contribution in [2.45, 2.75) is 45.2 Å². The summed E-state index contributed by atoms with van der Waals surface area (Å²) >= 11 is 3.83. The molecule has 16 heavy (non-hydrogen) atoms. The number of hydrogen-bond donors (Lipinski definition) is 1. The van der Waals surface area contributed by atoms with E-state index in [2.05, 4.69) is 48.2 Å². The van der Waals surface area contributed by atoms with E-state index in [1.165, 1.54) is 29.4 Å². The van der Waals surface area contributed by atoms with Gasteiger partial charge < -0.3 is 5.32 Å². The van der Waals surface area contributed by atoms with Gasteiger partial charge in [0.2, 0.25) is 0 Å². The van der Waals surface area contributed by atoms with Crippen molar-refractivity contribution in [1.29, 1.82) is 0 Å². The Morgan fingerprint density at radius 3 is 2.88 bits per heavy atom.